The highest BCUT2D eigenvalue weighted by molar-refractivity contribution is 5.32. The lowest BCUT2D eigenvalue weighted by Crippen LogP contribution is -2.14. The molecule has 0 saturated heterocycles. The average Bonchev–Trinajstić information content (AvgIpc) is 2.27. The summed E-state index contributed by atoms with van der Waals surface area (Å²) in [5, 5.41) is 8.71. The molecule has 15 heavy (non-hydrogen) atoms. The van der Waals surface area contributed by atoms with Crippen LogP contribution in [0.25, 0.3) is 0 Å². The van der Waals surface area contributed by atoms with Crippen LogP contribution in [0.2, 0.25) is 0 Å². The van der Waals surface area contributed by atoms with Gasteiger partial charge in [0.1, 0.15) is 0 Å². The molecule has 0 aliphatic rings. The minimum absolute atomic E-state index is 0.0701. The van der Waals surface area contributed by atoms with Gasteiger partial charge in [0.05, 0.1) is 31.0 Å². The van der Waals surface area contributed by atoms with Crippen molar-refractivity contribution >= 4 is 0 Å². The second kappa shape index (κ2) is 6.18. The van der Waals surface area contributed by atoms with E-state index < -0.39 is 0 Å². The molecule has 0 aromatic heterocycles. The van der Waals surface area contributed by atoms with Crippen molar-refractivity contribution in [3.05, 3.63) is 35.4 Å². The second-order valence-corrected chi connectivity index (χ2v) is 3.39. The highest BCUT2D eigenvalue weighted by atomic mass is 16.5. The van der Waals surface area contributed by atoms with E-state index in [0.29, 0.717) is 18.8 Å². The van der Waals surface area contributed by atoms with Gasteiger partial charge in [-0.05, 0) is 24.6 Å². The van der Waals surface area contributed by atoms with E-state index >= 15 is 0 Å². The Hall–Kier alpha value is -1.37. The highest BCUT2D eigenvalue weighted by Gasteiger charge is 2.02. The number of ether oxygens (including phenoxy) is 2. The Balaban J connectivity index is 2.47. The van der Waals surface area contributed by atoms with Crippen molar-refractivity contribution in [2.75, 3.05) is 13.7 Å². The number of nitrogens with zero attached hydrogens (tertiary/aromatic N) is 1. The third kappa shape index (κ3) is 4.11. The SMILES string of the molecule is COCC(C)OCc1cccc(C#N)c1. The maximum absolute atomic E-state index is 8.71. The normalized spacial score (nSPS) is 12.1. The standard InChI is InChI=1S/C12H15NO2/c1-10(8-14-2)15-9-12-5-3-4-11(6-12)7-13/h3-6,10H,8-9H2,1-2H3. The molecule has 0 fully saturated rings. The Morgan fingerprint density at radius 1 is 1.47 bits per heavy atom. The van der Waals surface area contributed by atoms with Gasteiger partial charge >= 0.3 is 0 Å². The zero-order chi connectivity index (χ0) is 11.1. The van der Waals surface area contributed by atoms with Gasteiger partial charge < -0.3 is 9.47 Å². The van der Waals surface area contributed by atoms with Crippen molar-refractivity contribution in [3.8, 4) is 6.07 Å². The number of hydrogen-bond donors (Lipinski definition) is 0. The molecular weight excluding hydrogens is 190 g/mol. The lowest BCUT2D eigenvalue weighted by molar-refractivity contribution is -0.000130. The van der Waals surface area contributed by atoms with E-state index in [4.69, 9.17) is 14.7 Å². The fourth-order valence-corrected chi connectivity index (χ4v) is 1.25. The van der Waals surface area contributed by atoms with Crippen molar-refractivity contribution in [3.63, 3.8) is 0 Å². The Kier molecular flexibility index (Phi) is 4.82. The summed E-state index contributed by atoms with van der Waals surface area (Å²) in [6, 6.07) is 9.52. The van der Waals surface area contributed by atoms with E-state index in [-0.39, 0.29) is 6.10 Å². The molecule has 0 heterocycles. The zero-order valence-electron chi connectivity index (χ0n) is 9.06. The van der Waals surface area contributed by atoms with Crippen molar-refractivity contribution in [2.45, 2.75) is 19.6 Å². The van der Waals surface area contributed by atoms with Crippen molar-refractivity contribution in [2.24, 2.45) is 0 Å². The van der Waals surface area contributed by atoms with Crippen LogP contribution in [0.5, 0.6) is 0 Å². The number of nitriles is 1. The maximum atomic E-state index is 8.71. The Labute approximate surface area is 90.2 Å². The molecular formula is C12H15NO2. The minimum Gasteiger partial charge on any atom is -0.382 e. The molecule has 1 unspecified atom stereocenters. The molecule has 0 aliphatic carbocycles. The molecule has 80 valence electrons. The van der Waals surface area contributed by atoms with Gasteiger partial charge in [0.15, 0.2) is 0 Å². The van der Waals surface area contributed by atoms with Crippen molar-refractivity contribution in [1.29, 1.82) is 5.26 Å². The summed E-state index contributed by atoms with van der Waals surface area (Å²) >= 11 is 0. The maximum Gasteiger partial charge on any atom is 0.0991 e. The van der Waals surface area contributed by atoms with Crippen LogP contribution in [0.1, 0.15) is 18.1 Å². The first-order valence-electron chi connectivity index (χ1n) is 4.86. The number of rotatable bonds is 5. The van der Waals surface area contributed by atoms with Crippen LogP contribution >= 0.6 is 0 Å². The zero-order valence-corrected chi connectivity index (χ0v) is 9.06. The largest absolute Gasteiger partial charge is 0.382 e. The summed E-state index contributed by atoms with van der Waals surface area (Å²) < 4.78 is 10.5. The highest BCUT2D eigenvalue weighted by Crippen LogP contribution is 2.07. The predicted octanol–water partition coefficient (Wildman–Crippen LogP) is 2.11. The average molecular weight is 205 g/mol. The Morgan fingerprint density at radius 2 is 2.27 bits per heavy atom. The molecule has 0 amide bonds. The molecule has 3 heteroatoms. The molecule has 0 aliphatic heterocycles. The molecule has 3 nitrogen and oxygen atoms in total. The van der Waals surface area contributed by atoms with Crippen LogP contribution in [-0.4, -0.2) is 19.8 Å². The number of methoxy groups -OCH3 is 1. The van der Waals surface area contributed by atoms with Gasteiger partial charge in [0.25, 0.3) is 0 Å². The van der Waals surface area contributed by atoms with E-state index in [9.17, 15) is 0 Å². The molecule has 1 aromatic carbocycles. The van der Waals surface area contributed by atoms with Crippen LogP contribution in [0.4, 0.5) is 0 Å². The van der Waals surface area contributed by atoms with Crippen LogP contribution in [0, 0.1) is 11.3 Å². The summed E-state index contributed by atoms with van der Waals surface area (Å²) in [7, 11) is 1.65. The van der Waals surface area contributed by atoms with Gasteiger partial charge in [0.2, 0.25) is 0 Å². The van der Waals surface area contributed by atoms with E-state index in [1.807, 2.05) is 25.1 Å². The molecule has 0 spiro atoms. The summed E-state index contributed by atoms with van der Waals surface area (Å²) in [6.07, 6.45) is 0.0701. The van der Waals surface area contributed by atoms with Crippen LogP contribution in [-0.2, 0) is 16.1 Å². The van der Waals surface area contributed by atoms with Crippen molar-refractivity contribution in [1.82, 2.24) is 0 Å². The van der Waals surface area contributed by atoms with Gasteiger partial charge in [-0.15, -0.1) is 0 Å². The topological polar surface area (TPSA) is 42.2 Å². The van der Waals surface area contributed by atoms with Gasteiger partial charge in [-0.2, -0.15) is 5.26 Å². The van der Waals surface area contributed by atoms with E-state index in [0.717, 1.165) is 5.56 Å². The predicted molar refractivity (Wildman–Crippen MR) is 57.3 cm³/mol. The quantitative estimate of drug-likeness (QED) is 0.739. The molecule has 1 aromatic rings. The second-order valence-electron chi connectivity index (χ2n) is 3.39. The van der Waals surface area contributed by atoms with Gasteiger partial charge in [-0.25, -0.2) is 0 Å². The summed E-state index contributed by atoms with van der Waals surface area (Å²) in [5.41, 5.74) is 1.67. The van der Waals surface area contributed by atoms with Gasteiger partial charge in [0, 0.05) is 7.11 Å². The number of hydrogen-bond acceptors (Lipinski definition) is 3. The van der Waals surface area contributed by atoms with E-state index in [2.05, 4.69) is 6.07 Å². The first-order chi connectivity index (χ1) is 7.26. The van der Waals surface area contributed by atoms with Crippen LogP contribution in [0.3, 0.4) is 0 Å². The molecule has 0 bridgehead atoms. The summed E-state index contributed by atoms with van der Waals surface area (Å²) in [6.45, 7) is 3.05. The first kappa shape index (κ1) is 11.7. The Morgan fingerprint density at radius 3 is 2.93 bits per heavy atom. The van der Waals surface area contributed by atoms with Crippen LogP contribution < -0.4 is 0 Å². The van der Waals surface area contributed by atoms with Gasteiger partial charge in [-0.3, -0.25) is 0 Å². The Bertz CT molecular complexity index is 344. The van der Waals surface area contributed by atoms with E-state index in [1.165, 1.54) is 0 Å². The fourth-order valence-electron chi connectivity index (χ4n) is 1.25. The van der Waals surface area contributed by atoms with Crippen molar-refractivity contribution < 1.29 is 9.47 Å². The summed E-state index contributed by atoms with van der Waals surface area (Å²) in [4.78, 5) is 0. The molecule has 1 rings (SSSR count). The molecule has 0 saturated carbocycles. The van der Waals surface area contributed by atoms with Crippen LogP contribution in [0.15, 0.2) is 24.3 Å². The first-order valence-corrected chi connectivity index (χ1v) is 4.86. The third-order valence-corrected chi connectivity index (χ3v) is 1.99. The number of benzene rings is 1. The molecule has 1 atom stereocenters. The molecule has 0 N–H and O–H groups in total. The third-order valence-electron chi connectivity index (χ3n) is 1.99. The lowest BCUT2D eigenvalue weighted by atomic mass is 10.1. The fraction of sp³-hybridized carbons (Fsp3) is 0.417. The minimum atomic E-state index is 0.0701. The lowest BCUT2D eigenvalue weighted by Gasteiger charge is -2.11. The smallest absolute Gasteiger partial charge is 0.0991 e. The van der Waals surface area contributed by atoms with Gasteiger partial charge in [-0.1, -0.05) is 12.1 Å². The summed E-state index contributed by atoms with van der Waals surface area (Å²) in [5.74, 6) is 0. The molecule has 0 radical (unpaired) electrons. The monoisotopic (exact) mass is 205 g/mol. The van der Waals surface area contributed by atoms with E-state index in [1.54, 1.807) is 13.2 Å².